The number of carboxylic acid groups (broad SMARTS) is 1. The zero-order valence-corrected chi connectivity index (χ0v) is 12.5. The second-order valence-corrected chi connectivity index (χ2v) is 5.24. The van der Waals surface area contributed by atoms with E-state index in [2.05, 4.69) is 21.2 Å². The van der Waals surface area contributed by atoms with E-state index >= 15 is 0 Å². The number of nitro benzene ring substituents is 1. The van der Waals surface area contributed by atoms with E-state index in [1.54, 1.807) is 6.07 Å². The van der Waals surface area contributed by atoms with E-state index < -0.39 is 10.9 Å². The summed E-state index contributed by atoms with van der Waals surface area (Å²) < 4.78 is 0.922. The van der Waals surface area contributed by atoms with Crippen LogP contribution in [0.3, 0.4) is 0 Å². The van der Waals surface area contributed by atoms with Crippen molar-refractivity contribution in [2.45, 2.75) is 6.92 Å². The SMILES string of the molecule is Cc1cc(Nc2cc([N+](=O)[O-])ccc2C(=O)O)ccc1Br. The molecule has 7 heteroatoms. The van der Waals surface area contributed by atoms with Gasteiger partial charge in [0.2, 0.25) is 0 Å². The average Bonchev–Trinajstić information content (AvgIpc) is 2.42. The van der Waals surface area contributed by atoms with Gasteiger partial charge in [0.1, 0.15) is 0 Å². The van der Waals surface area contributed by atoms with E-state index in [-0.39, 0.29) is 16.9 Å². The molecule has 0 unspecified atom stereocenters. The van der Waals surface area contributed by atoms with Crippen LogP contribution in [0.15, 0.2) is 40.9 Å². The maximum atomic E-state index is 11.2. The summed E-state index contributed by atoms with van der Waals surface area (Å²) in [5.74, 6) is -1.15. The van der Waals surface area contributed by atoms with Crippen LogP contribution in [0.25, 0.3) is 0 Å². The van der Waals surface area contributed by atoms with Crippen molar-refractivity contribution in [2.75, 3.05) is 5.32 Å². The number of aromatic carboxylic acids is 1. The second-order valence-electron chi connectivity index (χ2n) is 4.38. The van der Waals surface area contributed by atoms with Crippen molar-refractivity contribution >= 4 is 39.0 Å². The van der Waals surface area contributed by atoms with Gasteiger partial charge in [-0.25, -0.2) is 4.79 Å². The zero-order chi connectivity index (χ0) is 15.6. The molecule has 0 atom stereocenters. The number of nitrogens with zero attached hydrogens (tertiary/aromatic N) is 1. The van der Waals surface area contributed by atoms with Crippen molar-refractivity contribution in [3.63, 3.8) is 0 Å². The van der Waals surface area contributed by atoms with E-state index in [9.17, 15) is 14.9 Å². The number of carboxylic acids is 1. The van der Waals surface area contributed by atoms with Gasteiger partial charge in [-0.15, -0.1) is 0 Å². The molecule has 0 heterocycles. The van der Waals surface area contributed by atoms with Crippen molar-refractivity contribution in [1.29, 1.82) is 0 Å². The molecule has 0 aliphatic carbocycles. The molecule has 6 nitrogen and oxygen atoms in total. The molecular formula is C14H11BrN2O4. The Balaban J connectivity index is 2.45. The predicted molar refractivity (Wildman–Crippen MR) is 82.2 cm³/mol. The summed E-state index contributed by atoms with van der Waals surface area (Å²) in [6.07, 6.45) is 0. The summed E-state index contributed by atoms with van der Waals surface area (Å²) in [5, 5.41) is 22.9. The molecule has 2 rings (SSSR count). The van der Waals surface area contributed by atoms with Crippen molar-refractivity contribution < 1.29 is 14.8 Å². The minimum absolute atomic E-state index is 0.0267. The third-order valence-electron chi connectivity index (χ3n) is 2.88. The number of halogens is 1. The number of anilines is 2. The first-order valence-electron chi connectivity index (χ1n) is 5.93. The number of nitrogens with one attached hydrogen (secondary N) is 1. The van der Waals surface area contributed by atoms with E-state index in [1.165, 1.54) is 18.2 Å². The molecule has 0 saturated heterocycles. The Bertz CT molecular complexity index is 731. The molecule has 0 aliphatic heterocycles. The van der Waals surface area contributed by atoms with E-state index in [0.717, 1.165) is 10.0 Å². The number of rotatable bonds is 4. The Morgan fingerprint density at radius 3 is 2.57 bits per heavy atom. The van der Waals surface area contributed by atoms with Crippen LogP contribution in [-0.2, 0) is 0 Å². The molecule has 0 fully saturated rings. The third kappa shape index (κ3) is 3.38. The first-order chi connectivity index (χ1) is 9.88. The van der Waals surface area contributed by atoms with E-state index in [1.807, 2.05) is 19.1 Å². The molecule has 2 N–H and O–H groups in total. The summed E-state index contributed by atoms with van der Waals surface area (Å²) >= 11 is 3.37. The first kappa shape index (κ1) is 15.0. The molecule has 0 aromatic heterocycles. The van der Waals surface area contributed by atoms with Gasteiger partial charge in [-0.05, 0) is 36.8 Å². The summed E-state index contributed by atoms with van der Waals surface area (Å²) in [4.78, 5) is 21.4. The number of aryl methyl sites for hydroxylation is 1. The molecule has 21 heavy (non-hydrogen) atoms. The lowest BCUT2D eigenvalue weighted by Gasteiger charge is -2.10. The molecule has 0 spiro atoms. The van der Waals surface area contributed by atoms with Crippen LogP contribution < -0.4 is 5.32 Å². The Morgan fingerprint density at radius 1 is 1.29 bits per heavy atom. The fraction of sp³-hybridized carbons (Fsp3) is 0.0714. The third-order valence-corrected chi connectivity index (χ3v) is 3.77. The maximum absolute atomic E-state index is 11.2. The largest absolute Gasteiger partial charge is 0.478 e. The first-order valence-corrected chi connectivity index (χ1v) is 6.72. The Labute approximate surface area is 128 Å². The van der Waals surface area contributed by atoms with Crippen molar-refractivity contribution in [1.82, 2.24) is 0 Å². The normalized spacial score (nSPS) is 10.2. The highest BCUT2D eigenvalue weighted by atomic mass is 79.9. The van der Waals surface area contributed by atoms with Gasteiger partial charge >= 0.3 is 5.97 Å². The number of carbonyl (C=O) groups is 1. The van der Waals surface area contributed by atoms with Gasteiger partial charge in [-0.3, -0.25) is 10.1 Å². The Morgan fingerprint density at radius 2 is 2.00 bits per heavy atom. The highest BCUT2D eigenvalue weighted by Gasteiger charge is 2.15. The lowest BCUT2D eigenvalue weighted by atomic mass is 10.1. The van der Waals surface area contributed by atoms with Gasteiger partial charge in [0, 0.05) is 22.3 Å². The number of hydrogen-bond donors (Lipinski definition) is 2. The molecule has 0 aliphatic rings. The lowest BCUT2D eigenvalue weighted by Crippen LogP contribution is -2.04. The van der Waals surface area contributed by atoms with Gasteiger partial charge in [0.25, 0.3) is 5.69 Å². The molecule has 0 amide bonds. The van der Waals surface area contributed by atoms with Gasteiger partial charge in [0.05, 0.1) is 16.2 Å². The molecule has 0 radical (unpaired) electrons. The molecule has 0 saturated carbocycles. The fourth-order valence-electron chi connectivity index (χ4n) is 1.81. The summed E-state index contributed by atoms with van der Waals surface area (Å²) in [7, 11) is 0. The Hall–Kier alpha value is -2.41. The molecule has 2 aromatic carbocycles. The zero-order valence-electron chi connectivity index (χ0n) is 11.0. The number of non-ortho nitro benzene ring substituents is 1. The minimum atomic E-state index is -1.15. The van der Waals surface area contributed by atoms with E-state index in [4.69, 9.17) is 5.11 Å². The smallest absolute Gasteiger partial charge is 0.337 e. The number of nitro groups is 1. The summed E-state index contributed by atoms with van der Waals surface area (Å²) in [6, 6.07) is 8.97. The topological polar surface area (TPSA) is 92.5 Å². The fourth-order valence-corrected chi connectivity index (χ4v) is 2.06. The lowest BCUT2D eigenvalue weighted by molar-refractivity contribution is -0.384. The molecular weight excluding hydrogens is 340 g/mol. The van der Waals surface area contributed by atoms with E-state index in [0.29, 0.717) is 5.69 Å². The van der Waals surface area contributed by atoms with Crippen LogP contribution in [0.4, 0.5) is 17.1 Å². The van der Waals surface area contributed by atoms with Crippen LogP contribution in [0.2, 0.25) is 0 Å². The van der Waals surface area contributed by atoms with Gasteiger partial charge in [-0.2, -0.15) is 0 Å². The minimum Gasteiger partial charge on any atom is -0.478 e. The maximum Gasteiger partial charge on any atom is 0.337 e. The average molecular weight is 351 g/mol. The van der Waals surface area contributed by atoms with Gasteiger partial charge in [0.15, 0.2) is 0 Å². The quantitative estimate of drug-likeness (QED) is 0.639. The molecule has 2 aromatic rings. The van der Waals surface area contributed by atoms with Crippen LogP contribution in [-0.4, -0.2) is 16.0 Å². The molecule has 0 bridgehead atoms. The van der Waals surface area contributed by atoms with Crippen LogP contribution in [0.5, 0.6) is 0 Å². The summed E-state index contributed by atoms with van der Waals surface area (Å²) in [5.41, 5.74) is 1.59. The highest BCUT2D eigenvalue weighted by molar-refractivity contribution is 9.10. The monoisotopic (exact) mass is 350 g/mol. The number of hydrogen-bond acceptors (Lipinski definition) is 4. The predicted octanol–water partition coefficient (Wildman–Crippen LogP) is 4.11. The van der Waals surface area contributed by atoms with Crippen LogP contribution in [0.1, 0.15) is 15.9 Å². The van der Waals surface area contributed by atoms with Gasteiger partial charge in [-0.1, -0.05) is 15.9 Å². The van der Waals surface area contributed by atoms with Crippen molar-refractivity contribution in [3.8, 4) is 0 Å². The van der Waals surface area contributed by atoms with Crippen molar-refractivity contribution in [2.24, 2.45) is 0 Å². The summed E-state index contributed by atoms with van der Waals surface area (Å²) in [6.45, 7) is 1.89. The Kier molecular flexibility index (Phi) is 4.23. The van der Waals surface area contributed by atoms with Crippen LogP contribution >= 0.6 is 15.9 Å². The van der Waals surface area contributed by atoms with Crippen molar-refractivity contribution in [3.05, 3.63) is 62.1 Å². The number of benzene rings is 2. The molecule has 108 valence electrons. The van der Waals surface area contributed by atoms with Crippen LogP contribution in [0, 0.1) is 17.0 Å². The van der Waals surface area contributed by atoms with Gasteiger partial charge < -0.3 is 10.4 Å². The highest BCUT2D eigenvalue weighted by Crippen LogP contribution is 2.28. The second kappa shape index (κ2) is 5.92. The standard InChI is InChI=1S/C14H11BrN2O4/c1-8-6-9(2-5-12(8)15)16-13-7-10(17(20)21)3-4-11(13)14(18)19/h2-7,16H,1H3,(H,18,19).